The summed E-state index contributed by atoms with van der Waals surface area (Å²) in [5.41, 5.74) is 4.61. The first kappa shape index (κ1) is 20.0. The second kappa shape index (κ2) is 9.45. The molecule has 2 aromatic rings. The Hall–Kier alpha value is -2.33. The zero-order valence-electron chi connectivity index (χ0n) is 17.6. The van der Waals surface area contributed by atoms with E-state index in [9.17, 15) is 4.79 Å². The van der Waals surface area contributed by atoms with Crippen LogP contribution in [-0.4, -0.2) is 48.6 Å². The molecule has 29 heavy (non-hydrogen) atoms. The van der Waals surface area contributed by atoms with E-state index in [1.807, 2.05) is 17.0 Å². The van der Waals surface area contributed by atoms with Crippen LogP contribution in [0.15, 0.2) is 48.5 Å². The number of nitrogens with zero attached hydrogens (tertiary/aromatic N) is 3. The molecule has 1 saturated heterocycles. The topological polar surface area (TPSA) is 26.8 Å². The third-order valence-electron chi connectivity index (χ3n) is 6.26. The average Bonchev–Trinajstić information content (AvgIpc) is 2.90. The predicted octanol–water partition coefficient (Wildman–Crippen LogP) is 5.24. The van der Waals surface area contributed by atoms with Crippen molar-refractivity contribution >= 4 is 17.4 Å². The molecule has 4 nitrogen and oxygen atoms in total. The number of hydrogen-bond acceptors (Lipinski definition) is 2. The molecule has 2 heterocycles. The van der Waals surface area contributed by atoms with Crippen molar-refractivity contribution < 1.29 is 4.79 Å². The largest absolute Gasteiger partial charge is 0.329 e. The monoisotopic (exact) mass is 391 g/mol. The van der Waals surface area contributed by atoms with E-state index in [2.05, 4.69) is 53.1 Å². The first-order chi connectivity index (χ1) is 14.3. The Morgan fingerprint density at radius 1 is 0.828 bits per heavy atom. The second-order valence-corrected chi connectivity index (χ2v) is 8.26. The normalized spacial score (nSPS) is 17.7. The van der Waals surface area contributed by atoms with Crippen LogP contribution in [0.2, 0.25) is 0 Å². The van der Waals surface area contributed by atoms with Gasteiger partial charge in [0.25, 0.3) is 0 Å². The number of amides is 2. The highest BCUT2D eigenvalue weighted by Crippen LogP contribution is 2.36. The smallest absolute Gasteiger partial charge is 0.323 e. The second-order valence-electron chi connectivity index (χ2n) is 8.26. The summed E-state index contributed by atoms with van der Waals surface area (Å²) < 4.78 is 0. The summed E-state index contributed by atoms with van der Waals surface area (Å²) in [6.07, 6.45) is 6.65. The van der Waals surface area contributed by atoms with E-state index in [4.69, 9.17) is 0 Å². The SMILES string of the molecule is CCCCN1CCCCN(C(=O)N2c3ccccc3CCc3ccccc32)CC1. The van der Waals surface area contributed by atoms with E-state index in [1.54, 1.807) is 0 Å². The molecule has 0 aliphatic carbocycles. The van der Waals surface area contributed by atoms with Crippen molar-refractivity contribution in [1.82, 2.24) is 9.80 Å². The summed E-state index contributed by atoms with van der Waals surface area (Å²) in [6.45, 7) is 7.19. The molecule has 0 bridgehead atoms. The quantitative estimate of drug-likeness (QED) is 0.715. The number of aryl methyl sites for hydroxylation is 2. The molecule has 154 valence electrons. The molecule has 0 atom stereocenters. The number of hydrogen-bond donors (Lipinski definition) is 0. The fourth-order valence-electron chi connectivity index (χ4n) is 4.55. The summed E-state index contributed by atoms with van der Waals surface area (Å²) in [7, 11) is 0. The lowest BCUT2D eigenvalue weighted by atomic mass is 10.0. The first-order valence-electron chi connectivity index (χ1n) is 11.2. The van der Waals surface area contributed by atoms with Crippen molar-refractivity contribution in [2.75, 3.05) is 37.6 Å². The number of urea groups is 1. The minimum absolute atomic E-state index is 0.129. The van der Waals surface area contributed by atoms with Crippen molar-refractivity contribution in [1.29, 1.82) is 0 Å². The lowest BCUT2D eigenvalue weighted by Gasteiger charge is -2.35. The van der Waals surface area contributed by atoms with Crippen LogP contribution >= 0.6 is 0 Å². The Balaban J connectivity index is 1.62. The highest BCUT2D eigenvalue weighted by molar-refractivity contribution is 6.01. The fourth-order valence-corrected chi connectivity index (χ4v) is 4.55. The van der Waals surface area contributed by atoms with Crippen molar-refractivity contribution in [2.24, 2.45) is 0 Å². The number of carbonyl (C=O) groups is 1. The predicted molar refractivity (Wildman–Crippen MR) is 120 cm³/mol. The fraction of sp³-hybridized carbons (Fsp3) is 0.480. The molecular formula is C25H33N3O. The van der Waals surface area contributed by atoms with Gasteiger partial charge in [-0.25, -0.2) is 4.79 Å². The Bertz CT molecular complexity index is 785. The number of fused-ring (bicyclic) bond motifs is 2. The number of carbonyl (C=O) groups excluding carboxylic acids is 1. The molecular weight excluding hydrogens is 358 g/mol. The lowest BCUT2D eigenvalue weighted by Crippen LogP contribution is -2.47. The van der Waals surface area contributed by atoms with Gasteiger partial charge in [-0.15, -0.1) is 0 Å². The Labute approximate surface area is 175 Å². The number of para-hydroxylation sites is 2. The lowest BCUT2D eigenvalue weighted by molar-refractivity contribution is 0.172. The van der Waals surface area contributed by atoms with Gasteiger partial charge < -0.3 is 9.80 Å². The average molecular weight is 392 g/mol. The third-order valence-corrected chi connectivity index (χ3v) is 6.26. The molecule has 0 unspecified atom stereocenters. The summed E-state index contributed by atoms with van der Waals surface area (Å²) in [5, 5.41) is 0. The maximum Gasteiger partial charge on any atom is 0.329 e. The van der Waals surface area contributed by atoms with Crippen LogP contribution in [0.3, 0.4) is 0 Å². The van der Waals surface area contributed by atoms with Gasteiger partial charge in [-0.05, 0) is 68.5 Å². The minimum atomic E-state index is 0.129. The van der Waals surface area contributed by atoms with Crippen molar-refractivity contribution in [3.63, 3.8) is 0 Å². The molecule has 2 aliphatic rings. The molecule has 0 saturated carbocycles. The first-order valence-corrected chi connectivity index (χ1v) is 11.2. The van der Waals surface area contributed by atoms with Gasteiger partial charge in [0.05, 0.1) is 11.4 Å². The Morgan fingerprint density at radius 2 is 1.45 bits per heavy atom. The summed E-state index contributed by atoms with van der Waals surface area (Å²) >= 11 is 0. The van der Waals surface area contributed by atoms with Gasteiger partial charge in [-0.2, -0.15) is 0 Å². The molecule has 0 spiro atoms. The molecule has 2 aliphatic heterocycles. The molecule has 0 radical (unpaired) electrons. The minimum Gasteiger partial charge on any atom is -0.323 e. The summed E-state index contributed by atoms with van der Waals surface area (Å²) in [4.78, 5) is 20.4. The highest BCUT2D eigenvalue weighted by atomic mass is 16.2. The molecule has 4 rings (SSSR count). The van der Waals surface area contributed by atoms with Gasteiger partial charge in [0.1, 0.15) is 0 Å². The number of benzene rings is 2. The Kier molecular flexibility index (Phi) is 6.50. The van der Waals surface area contributed by atoms with Crippen LogP contribution in [0.4, 0.5) is 16.2 Å². The Morgan fingerprint density at radius 3 is 2.10 bits per heavy atom. The van der Waals surface area contributed by atoms with Gasteiger partial charge in [0.15, 0.2) is 0 Å². The third kappa shape index (κ3) is 4.48. The molecule has 4 heteroatoms. The van der Waals surface area contributed by atoms with Crippen LogP contribution in [0, 0.1) is 0 Å². The maximum atomic E-state index is 13.9. The number of rotatable bonds is 3. The molecule has 2 aromatic carbocycles. The number of unbranched alkanes of at least 4 members (excludes halogenated alkanes) is 1. The maximum absolute atomic E-state index is 13.9. The van der Waals surface area contributed by atoms with E-state index in [0.29, 0.717) is 0 Å². The summed E-state index contributed by atoms with van der Waals surface area (Å²) in [6, 6.07) is 16.9. The van der Waals surface area contributed by atoms with Crippen LogP contribution in [0.5, 0.6) is 0 Å². The van der Waals surface area contributed by atoms with Gasteiger partial charge in [0, 0.05) is 19.6 Å². The van der Waals surface area contributed by atoms with Crippen LogP contribution < -0.4 is 4.90 Å². The van der Waals surface area contributed by atoms with Crippen molar-refractivity contribution in [3.05, 3.63) is 59.7 Å². The standard InChI is InChI=1S/C25H33N3O/c1-2-3-16-26-17-8-9-18-27(20-19-26)25(29)28-23-12-6-4-10-21(23)14-15-22-11-5-7-13-24(22)28/h4-7,10-13H,2-3,8-9,14-20H2,1H3. The van der Waals surface area contributed by atoms with E-state index in [1.165, 1.54) is 30.4 Å². The van der Waals surface area contributed by atoms with Crippen LogP contribution in [0.1, 0.15) is 43.7 Å². The molecule has 0 aromatic heterocycles. The zero-order chi connectivity index (χ0) is 20.1. The van der Waals surface area contributed by atoms with Gasteiger partial charge in [-0.1, -0.05) is 49.7 Å². The van der Waals surface area contributed by atoms with Gasteiger partial charge in [0.2, 0.25) is 0 Å². The van der Waals surface area contributed by atoms with E-state index < -0.39 is 0 Å². The van der Waals surface area contributed by atoms with Crippen molar-refractivity contribution in [3.8, 4) is 0 Å². The van der Waals surface area contributed by atoms with E-state index in [0.717, 1.165) is 63.4 Å². The van der Waals surface area contributed by atoms with E-state index >= 15 is 0 Å². The molecule has 1 fully saturated rings. The summed E-state index contributed by atoms with van der Waals surface area (Å²) in [5.74, 6) is 0. The molecule has 0 N–H and O–H groups in total. The van der Waals surface area contributed by atoms with E-state index in [-0.39, 0.29) is 6.03 Å². The van der Waals surface area contributed by atoms with Crippen molar-refractivity contribution in [2.45, 2.75) is 45.4 Å². The van der Waals surface area contributed by atoms with Crippen LogP contribution in [-0.2, 0) is 12.8 Å². The van der Waals surface area contributed by atoms with Crippen LogP contribution in [0.25, 0.3) is 0 Å². The van der Waals surface area contributed by atoms with Gasteiger partial charge >= 0.3 is 6.03 Å². The highest BCUT2D eigenvalue weighted by Gasteiger charge is 2.29. The zero-order valence-corrected chi connectivity index (χ0v) is 17.6. The van der Waals surface area contributed by atoms with Gasteiger partial charge in [-0.3, -0.25) is 4.90 Å². The molecule has 2 amide bonds. The number of anilines is 2.